The second-order valence-corrected chi connectivity index (χ2v) is 6.22. The molecular formula is C14H19Cl2N3OS. The lowest BCUT2D eigenvalue weighted by molar-refractivity contribution is 0.0912. The largest absolute Gasteiger partial charge is 0.399 e. The molecule has 1 aromatic heterocycles. The molecule has 0 saturated heterocycles. The van der Waals surface area contributed by atoms with Crippen LogP contribution in [0.2, 0.25) is 0 Å². The fourth-order valence-electron chi connectivity index (χ4n) is 1.73. The van der Waals surface area contributed by atoms with E-state index in [4.69, 9.17) is 5.73 Å². The van der Waals surface area contributed by atoms with Crippen LogP contribution >= 0.6 is 36.2 Å². The molecular weight excluding hydrogens is 329 g/mol. The summed E-state index contributed by atoms with van der Waals surface area (Å²) in [4.78, 5) is 17.7. The molecule has 2 rings (SSSR count). The van der Waals surface area contributed by atoms with Gasteiger partial charge in [0.05, 0.1) is 5.54 Å². The van der Waals surface area contributed by atoms with Gasteiger partial charge in [-0.2, -0.15) is 0 Å². The van der Waals surface area contributed by atoms with Gasteiger partial charge in [-0.05, 0) is 39.0 Å². The lowest BCUT2D eigenvalue weighted by Gasteiger charge is -2.23. The van der Waals surface area contributed by atoms with Gasteiger partial charge in [0.1, 0.15) is 5.01 Å². The Kier molecular flexibility index (Phi) is 7.16. The molecule has 0 saturated carbocycles. The van der Waals surface area contributed by atoms with Crippen molar-refractivity contribution >= 4 is 47.7 Å². The zero-order valence-electron chi connectivity index (χ0n) is 12.0. The number of aromatic nitrogens is 1. The predicted molar refractivity (Wildman–Crippen MR) is 92.7 cm³/mol. The van der Waals surface area contributed by atoms with Crippen LogP contribution in [-0.4, -0.2) is 10.9 Å². The second kappa shape index (κ2) is 7.64. The molecule has 1 amide bonds. The Morgan fingerprint density at radius 3 is 2.52 bits per heavy atom. The lowest BCUT2D eigenvalue weighted by atomic mass is 10.1. The third-order valence-electron chi connectivity index (χ3n) is 2.73. The van der Waals surface area contributed by atoms with E-state index in [0.717, 1.165) is 9.88 Å². The zero-order valence-corrected chi connectivity index (χ0v) is 14.5. The molecule has 116 valence electrons. The molecule has 0 fully saturated rings. The first-order chi connectivity index (χ1) is 8.88. The van der Waals surface area contributed by atoms with E-state index in [0.29, 0.717) is 11.3 Å². The van der Waals surface area contributed by atoms with Crippen molar-refractivity contribution in [1.82, 2.24) is 10.3 Å². The summed E-state index contributed by atoms with van der Waals surface area (Å²) in [5, 5.41) is 3.87. The number of benzene rings is 1. The number of anilines is 1. The normalized spacial score (nSPS) is 10.2. The number of carbonyl (C=O) groups excluding carboxylic acids is 1. The predicted octanol–water partition coefficient (Wildman–Crippen LogP) is 3.54. The molecule has 2 aromatic rings. The number of nitrogen functional groups attached to an aromatic ring is 1. The number of rotatable bonds is 3. The summed E-state index contributed by atoms with van der Waals surface area (Å²) in [6, 6.07) is 6.93. The van der Waals surface area contributed by atoms with Gasteiger partial charge in [-0.1, -0.05) is 6.07 Å². The standard InChI is InChI=1S/C14H17N3OS.2ClH/c1-9-8-16-13(19-9)14(2,3)17-12(18)10-5-4-6-11(15)7-10;;/h4-8H,15H2,1-3H3,(H,17,18);2*1H. The third kappa shape index (κ3) is 4.88. The van der Waals surface area contributed by atoms with Crippen LogP contribution in [-0.2, 0) is 5.54 Å². The maximum atomic E-state index is 12.2. The van der Waals surface area contributed by atoms with Gasteiger partial charge in [0.15, 0.2) is 0 Å². The first-order valence-corrected chi connectivity index (χ1v) is 6.81. The van der Waals surface area contributed by atoms with Gasteiger partial charge in [-0.25, -0.2) is 4.98 Å². The second-order valence-electron chi connectivity index (χ2n) is 4.98. The van der Waals surface area contributed by atoms with Gasteiger partial charge in [0.25, 0.3) is 5.91 Å². The monoisotopic (exact) mass is 347 g/mol. The van der Waals surface area contributed by atoms with Gasteiger partial charge >= 0.3 is 0 Å². The number of nitrogens with zero attached hydrogens (tertiary/aromatic N) is 1. The number of thiazole rings is 1. The summed E-state index contributed by atoms with van der Waals surface area (Å²) in [6.45, 7) is 5.88. The molecule has 1 heterocycles. The van der Waals surface area contributed by atoms with Crippen LogP contribution in [0.3, 0.4) is 0 Å². The molecule has 1 aromatic carbocycles. The van der Waals surface area contributed by atoms with Crippen molar-refractivity contribution in [2.24, 2.45) is 0 Å². The number of nitrogens with two attached hydrogens (primary N) is 1. The summed E-state index contributed by atoms with van der Waals surface area (Å²) >= 11 is 1.58. The smallest absolute Gasteiger partial charge is 0.252 e. The van der Waals surface area contributed by atoms with Crippen LogP contribution in [0, 0.1) is 6.92 Å². The molecule has 0 aliphatic carbocycles. The summed E-state index contributed by atoms with van der Waals surface area (Å²) < 4.78 is 0. The molecule has 0 spiro atoms. The average molecular weight is 348 g/mol. The highest BCUT2D eigenvalue weighted by atomic mass is 35.5. The zero-order chi connectivity index (χ0) is 14.0. The van der Waals surface area contributed by atoms with Crippen LogP contribution < -0.4 is 11.1 Å². The highest BCUT2D eigenvalue weighted by Crippen LogP contribution is 2.25. The molecule has 0 aliphatic heterocycles. The van der Waals surface area contributed by atoms with Crippen molar-refractivity contribution < 1.29 is 4.79 Å². The van der Waals surface area contributed by atoms with Crippen molar-refractivity contribution in [2.75, 3.05) is 5.73 Å². The Morgan fingerprint density at radius 2 is 2.00 bits per heavy atom. The number of carbonyl (C=O) groups is 1. The minimum Gasteiger partial charge on any atom is -0.399 e. The molecule has 21 heavy (non-hydrogen) atoms. The molecule has 4 nitrogen and oxygen atoms in total. The topological polar surface area (TPSA) is 68.0 Å². The van der Waals surface area contributed by atoms with Gasteiger partial charge < -0.3 is 11.1 Å². The van der Waals surface area contributed by atoms with E-state index in [1.807, 2.05) is 27.0 Å². The number of aryl methyl sites for hydroxylation is 1. The summed E-state index contributed by atoms with van der Waals surface area (Å²) in [7, 11) is 0. The highest BCUT2D eigenvalue weighted by Gasteiger charge is 2.26. The van der Waals surface area contributed by atoms with Crippen LogP contribution in [0.4, 0.5) is 5.69 Å². The van der Waals surface area contributed by atoms with E-state index >= 15 is 0 Å². The Hall–Kier alpha value is -1.30. The first-order valence-electron chi connectivity index (χ1n) is 5.99. The van der Waals surface area contributed by atoms with Crippen LogP contribution in [0.15, 0.2) is 30.5 Å². The Morgan fingerprint density at radius 1 is 1.33 bits per heavy atom. The summed E-state index contributed by atoms with van der Waals surface area (Å²) in [5.41, 5.74) is 6.32. The van der Waals surface area contributed by atoms with E-state index in [2.05, 4.69) is 10.3 Å². The highest BCUT2D eigenvalue weighted by molar-refractivity contribution is 7.11. The quantitative estimate of drug-likeness (QED) is 0.834. The first kappa shape index (κ1) is 19.7. The van der Waals surface area contributed by atoms with Crippen molar-refractivity contribution in [3.05, 3.63) is 45.9 Å². The fourth-order valence-corrected chi connectivity index (χ4v) is 2.56. The van der Waals surface area contributed by atoms with Crippen molar-refractivity contribution in [3.63, 3.8) is 0 Å². The number of amides is 1. The van der Waals surface area contributed by atoms with Crippen molar-refractivity contribution in [2.45, 2.75) is 26.3 Å². The van der Waals surface area contributed by atoms with Gasteiger partial charge in [-0.3, -0.25) is 4.79 Å². The van der Waals surface area contributed by atoms with E-state index in [9.17, 15) is 4.79 Å². The van der Waals surface area contributed by atoms with E-state index in [1.54, 1.807) is 35.6 Å². The minimum atomic E-state index is -0.499. The maximum Gasteiger partial charge on any atom is 0.252 e. The lowest BCUT2D eigenvalue weighted by Crippen LogP contribution is -2.40. The van der Waals surface area contributed by atoms with Crippen molar-refractivity contribution in [1.29, 1.82) is 0 Å². The summed E-state index contributed by atoms with van der Waals surface area (Å²) in [5.74, 6) is -0.148. The minimum absolute atomic E-state index is 0. The molecule has 0 bridgehead atoms. The molecule has 0 aliphatic rings. The fraction of sp³-hybridized carbons (Fsp3) is 0.286. The molecule has 7 heteroatoms. The SMILES string of the molecule is Cc1cnc(C(C)(C)NC(=O)c2cccc(N)c2)s1.Cl.Cl. The van der Waals surface area contributed by atoms with Crippen molar-refractivity contribution in [3.8, 4) is 0 Å². The number of hydrogen-bond acceptors (Lipinski definition) is 4. The van der Waals surface area contributed by atoms with E-state index < -0.39 is 5.54 Å². The van der Waals surface area contributed by atoms with Crippen LogP contribution in [0.25, 0.3) is 0 Å². The van der Waals surface area contributed by atoms with Gasteiger partial charge in [0.2, 0.25) is 0 Å². The molecule has 3 N–H and O–H groups in total. The summed E-state index contributed by atoms with van der Waals surface area (Å²) in [6.07, 6.45) is 1.81. The Balaban J connectivity index is 0.00000200. The van der Waals surface area contributed by atoms with Gasteiger partial charge in [-0.15, -0.1) is 36.2 Å². The van der Waals surface area contributed by atoms with E-state index in [1.165, 1.54) is 0 Å². The molecule has 0 radical (unpaired) electrons. The van der Waals surface area contributed by atoms with Gasteiger partial charge in [0, 0.05) is 22.3 Å². The number of nitrogens with one attached hydrogen (secondary N) is 1. The van der Waals surface area contributed by atoms with Crippen LogP contribution in [0.1, 0.15) is 34.1 Å². The number of halogens is 2. The Bertz CT molecular complexity index is 614. The van der Waals surface area contributed by atoms with Crippen LogP contribution in [0.5, 0.6) is 0 Å². The maximum absolute atomic E-state index is 12.2. The third-order valence-corrected chi connectivity index (χ3v) is 3.97. The van der Waals surface area contributed by atoms with E-state index in [-0.39, 0.29) is 30.7 Å². The Labute approximate surface area is 141 Å². The molecule has 0 unspecified atom stereocenters. The number of hydrogen-bond donors (Lipinski definition) is 2. The average Bonchev–Trinajstić information content (AvgIpc) is 2.76. The molecule has 0 atom stereocenters.